The molecule has 1 saturated heterocycles. The lowest BCUT2D eigenvalue weighted by molar-refractivity contribution is 0.612. The summed E-state index contributed by atoms with van der Waals surface area (Å²) in [6.07, 6.45) is 11.7. The van der Waals surface area contributed by atoms with E-state index in [2.05, 4.69) is 51.2 Å². The van der Waals surface area contributed by atoms with Gasteiger partial charge < -0.3 is 15.2 Å². The fourth-order valence-electron chi connectivity index (χ4n) is 4.24. The van der Waals surface area contributed by atoms with Crippen molar-refractivity contribution in [3.8, 4) is 11.4 Å². The summed E-state index contributed by atoms with van der Waals surface area (Å²) < 4.78 is 2.08. The summed E-state index contributed by atoms with van der Waals surface area (Å²) in [6, 6.07) is 4.13. The fourth-order valence-corrected chi connectivity index (χ4v) is 4.46. The van der Waals surface area contributed by atoms with Gasteiger partial charge in [-0.05, 0) is 44.4 Å². The molecule has 1 aliphatic heterocycles. The summed E-state index contributed by atoms with van der Waals surface area (Å²) in [7, 11) is 0. The van der Waals surface area contributed by atoms with Crippen molar-refractivity contribution >= 4 is 28.6 Å². The zero-order chi connectivity index (χ0) is 21.4. The number of nitrogens with zero attached hydrogens (tertiary/aromatic N) is 5. The third-order valence-electron chi connectivity index (χ3n) is 5.88. The Morgan fingerprint density at radius 3 is 3.03 bits per heavy atom. The van der Waals surface area contributed by atoms with E-state index in [1.807, 2.05) is 18.5 Å². The molecule has 31 heavy (non-hydrogen) atoms. The summed E-state index contributed by atoms with van der Waals surface area (Å²) >= 11 is 6.35. The second kappa shape index (κ2) is 8.30. The number of alkyl halides is 1. The van der Waals surface area contributed by atoms with Crippen LogP contribution in [0.25, 0.3) is 22.6 Å². The summed E-state index contributed by atoms with van der Waals surface area (Å²) in [5, 5.41) is 7.14. The Morgan fingerprint density at radius 2 is 2.23 bits per heavy atom. The topological polar surface area (TPSA) is 80.5 Å². The van der Waals surface area contributed by atoms with Gasteiger partial charge in [0.15, 0.2) is 17.3 Å². The maximum Gasteiger partial charge on any atom is 0.166 e. The number of rotatable bonds is 6. The molecule has 0 aromatic carbocycles. The molecule has 3 aromatic rings. The van der Waals surface area contributed by atoms with Gasteiger partial charge in [-0.2, -0.15) is 0 Å². The maximum absolute atomic E-state index is 6.35. The average Bonchev–Trinajstić information content (AvgIpc) is 3.38. The van der Waals surface area contributed by atoms with Crippen LogP contribution in [0.3, 0.4) is 0 Å². The Labute approximate surface area is 186 Å². The van der Waals surface area contributed by atoms with Gasteiger partial charge in [-0.25, -0.2) is 15.0 Å². The third-order valence-corrected chi connectivity index (χ3v) is 6.18. The summed E-state index contributed by atoms with van der Waals surface area (Å²) in [4.78, 5) is 18.4. The average molecular weight is 436 g/mol. The van der Waals surface area contributed by atoms with E-state index < -0.39 is 0 Å². The van der Waals surface area contributed by atoms with E-state index in [1.54, 1.807) is 12.4 Å². The van der Waals surface area contributed by atoms with E-state index in [-0.39, 0.29) is 11.4 Å². The molecule has 160 valence electrons. The van der Waals surface area contributed by atoms with Crippen LogP contribution in [0, 0.1) is 5.92 Å². The van der Waals surface area contributed by atoms with Crippen molar-refractivity contribution in [1.29, 1.82) is 0 Å². The number of anilines is 1. The highest BCUT2D eigenvalue weighted by Gasteiger charge is 2.27. The zero-order valence-electron chi connectivity index (χ0n) is 17.7. The molecule has 2 N–H and O–H groups in total. The molecule has 1 fully saturated rings. The number of hydrogen-bond donors (Lipinski definition) is 2. The summed E-state index contributed by atoms with van der Waals surface area (Å²) in [6.45, 7) is 5.99. The molecular formula is C23H26ClN7. The van der Waals surface area contributed by atoms with Gasteiger partial charge in [-0.3, -0.25) is 4.98 Å². The summed E-state index contributed by atoms with van der Waals surface area (Å²) in [5.74, 6) is 1.86. The largest absolute Gasteiger partial charge is 0.384 e. The molecule has 0 radical (unpaired) electrons. The van der Waals surface area contributed by atoms with Gasteiger partial charge >= 0.3 is 0 Å². The van der Waals surface area contributed by atoms with Crippen molar-refractivity contribution in [3.05, 3.63) is 54.3 Å². The quantitative estimate of drug-likeness (QED) is 0.561. The first-order valence-corrected chi connectivity index (χ1v) is 11.2. The van der Waals surface area contributed by atoms with Crippen molar-refractivity contribution < 1.29 is 0 Å². The Balaban J connectivity index is 1.41. The number of nitrogens with one attached hydrogen (secondary N) is 2. The van der Waals surface area contributed by atoms with Crippen LogP contribution in [0.15, 0.2) is 54.3 Å². The van der Waals surface area contributed by atoms with Crippen LogP contribution in [0.2, 0.25) is 0 Å². The van der Waals surface area contributed by atoms with Crippen molar-refractivity contribution in [1.82, 2.24) is 29.8 Å². The molecule has 2 aliphatic rings. The van der Waals surface area contributed by atoms with Crippen LogP contribution in [0.4, 0.5) is 5.82 Å². The second-order valence-corrected chi connectivity index (χ2v) is 8.90. The van der Waals surface area contributed by atoms with Gasteiger partial charge in [0, 0.05) is 48.7 Å². The molecule has 3 aromatic heterocycles. The lowest BCUT2D eigenvalue weighted by Gasteiger charge is -2.17. The zero-order valence-corrected chi connectivity index (χ0v) is 18.5. The van der Waals surface area contributed by atoms with E-state index in [4.69, 9.17) is 21.6 Å². The molecule has 0 saturated carbocycles. The number of hydrogen-bond acceptors (Lipinski definition) is 6. The number of aromatic nitrogens is 5. The lowest BCUT2D eigenvalue weighted by atomic mass is 9.93. The van der Waals surface area contributed by atoms with Crippen molar-refractivity contribution in [2.24, 2.45) is 5.92 Å². The number of fused-ring (bicyclic) bond motifs is 2. The maximum atomic E-state index is 6.35. The minimum absolute atomic E-state index is 0.0950. The molecule has 0 bridgehead atoms. The third kappa shape index (κ3) is 3.90. The van der Waals surface area contributed by atoms with Gasteiger partial charge in [0.25, 0.3) is 0 Å². The highest BCUT2D eigenvalue weighted by atomic mass is 35.5. The first-order chi connectivity index (χ1) is 15.1. The smallest absolute Gasteiger partial charge is 0.166 e. The van der Waals surface area contributed by atoms with Crippen LogP contribution in [0.5, 0.6) is 0 Å². The molecule has 1 aliphatic carbocycles. The molecule has 2 unspecified atom stereocenters. The van der Waals surface area contributed by atoms with Gasteiger partial charge in [0.2, 0.25) is 0 Å². The first-order valence-electron chi connectivity index (χ1n) is 10.8. The van der Waals surface area contributed by atoms with Gasteiger partial charge in [0.05, 0.1) is 11.7 Å². The molecule has 0 amide bonds. The van der Waals surface area contributed by atoms with E-state index in [1.165, 1.54) is 11.3 Å². The number of halogens is 1. The fraction of sp³-hybridized carbons (Fsp3) is 0.391. The number of allylic oxidation sites excluding steroid dienone is 3. The van der Waals surface area contributed by atoms with E-state index in [9.17, 15) is 0 Å². The van der Waals surface area contributed by atoms with Gasteiger partial charge in [0.1, 0.15) is 5.52 Å². The standard InChI is InChI=1S/C23H26ClN7/c1-14(2)31-13-28-20-22(29-21(30-23(20)31)16-4-3-8-25-11-16)26-9-7-15-12-27-19-6-5-17(24)10-18(15)19/h3-4,6,8,10-11,13-15,17,27H,5,7,9,12H2,1-2H3,(H,26,29,30). The molecular weight excluding hydrogens is 410 g/mol. The molecule has 4 heterocycles. The Hall–Kier alpha value is -2.93. The van der Waals surface area contributed by atoms with Crippen molar-refractivity contribution in [3.63, 3.8) is 0 Å². The van der Waals surface area contributed by atoms with Gasteiger partial charge in [-0.15, -0.1) is 11.6 Å². The van der Waals surface area contributed by atoms with Crippen molar-refractivity contribution in [2.45, 2.75) is 38.1 Å². The van der Waals surface area contributed by atoms with E-state index in [0.29, 0.717) is 11.7 Å². The molecule has 5 rings (SSSR count). The van der Waals surface area contributed by atoms with E-state index >= 15 is 0 Å². The minimum Gasteiger partial charge on any atom is -0.384 e. The highest BCUT2D eigenvalue weighted by molar-refractivity contribution is 6.22. The Morgan fingerprint density at radius 1 is 1.32 bits per heavy atom. The van der Waals surface area contributed by atoms with Crippen molar-refractivity contribution in [2.75, 3.05) is 18.4 Å². The Kier molecular flexibility index (Phi) is 5.36. The molecule has 2 atom stereocenters. The highest BCUT2D eigenvalue weighted by Crippen LogP contribution is 2.33. The molecule has 0 spiro atoms. The monoisotopic (exact) mass is 435 g/mol. The molecule has 7 nitrogen and oxygen atoms in total. The van der Waals surface area contributed by atoms with Crippen LogP contribution >= 0.6 is 11.6 Å². The Bertz CT molecular complexity index is 1150. The van der Waals surface area contributed by atoms with E-state index in [0.717, 1.165) is 48.5 Å². The van der Waals surface area contributed by atoms with Crippen LogP contribution < -0.4 is 10.6 Å². The minimum atomic E-state index is 0.0950. The first kappa shape index (κ1) is 20.0. The lowest BCUT2D eigenvalue weighted by Crippen LogP contribution is -2.14. The predicted octanol–water partition coefficient (Wildman–Crippen LogP) is 4.31. The van der Waals surface area contributed by atoms with Crippen LogP contribution in [-0.4, -0.2) is 43.0 Å². The van der Waals surface area contributed by atoms with Crippen LogP contribution in [-0.2, 0) is 0 Å². The number of pyridine rings is 1. The second-order valence-electron chi connectivity index (χ2n) is 8.34. The predicted molar refractivity (Wildman–Crippen MR) is 124 cm³/mol. The molecule has 8 heteroatoms. The SMILES string of the molecule is CC(C)n1cnc2c(NCCC3CNC4=CCC(Cl)C=C43)nc(-c3cccnc3)nc21. The van der Waals surface area contributed by atoms with Crippen LogP contribution in [0.1, 0.15) is 32.7 Å². The number of imidazole rings is 1. The van der Waals surface area contributed by atoms with Gasteiger partial charge in [-0.1, -0.05) is 12.2 Å². The normalized spacial score (nSPS) is 20.4. The summed E-state index contributed by atoms with van der Waals surface area (Å²) in [5.41, 5.74) is 5.12.